The molecule has 0 radical (unpaired) electrons. The number of hydrogen-bond acceptors (Lipinski definition) is 4. The molecule has 0 bridgehead atoms. The second kappa shape index (κ2) is 10.0. The zero-order valence-electron chi connectivity index (χ0n) is 17.0. The van der Waals surface area contributed by atoms with Crippen LogP contribution in [-0.4, -0.2) is 36.7 Å². The first-order valence-electron chi connectivity index (χ1n) is 9.67. The van der Waals surface area contributed by atoms with E-state index in [0.717, 1.165) is 0 Å². The van der Waals surface area contributed by atoms with Crippen LogP contribution in [0.2, 0.25) is 10.0 Å². The van der Waals surface area contributed by atoms with Crippen molar-refractivity contribution < 1.29 is 23.5 Å². The van der Waals surface area contributed by atoms with Crippen molar-refractivity contribution >= 4 is 35.2 Å². The smallest absolute Gasteiger partial charge is 0.338 e. The molecule has 1 heterocycles. The molecule has 3 rings (SSSR count). The van der Waals surface area contributed by atoms with Gasteiger partial charge in [0.05, 0.1) is 34.0 Å². The topological polar surface area (TPSA) is 67.9 Å². The lowest BCUT2D eigenvalue weighted by molar-refractivity contribution is -0.139. The Morgan fingerprint density at radius 2 is 1.90 bits per heavy atom. The minimum absolute atomic E-state index is 0.00586. The molecular formula is C22H21Cl2FN2O4. The fourth-order valence-electron chi connectivity index (χ4n) is 3.29. The van der Waals surface area contributed by atoms with Crippen molar-refractivity contribution in [3.63, 3.8) is 0 Å². The highest BCUT2D eigenvalue weighted by Crippen LogP contribution is 2.34. The molecule has 0 spiro atoms. The van der Waals surface area contributed by atoms with E-state index in [-0.39, 0.29) is 41.8 Å². The van der Waals surface area contributed by atoms with Crippen molar-refractivity contribution in [1.82, 2.24) is 10.2 Å². The van der Waals surface area contributed by atoms with E-state index >= 15 is 0 Å². The van der Waals surface area contributed by atoms with Gasteiger partial charge >= 0.3 is 12.0 Å². The third-order valence-electron chi connectivity index (χ3n) is 4.73. The summed E-state index contributed by atoms with van der Waals surface area (Å²) in [6.07, 6.45) is 0. The molecule has 9 heteroatoms. The number of halogens is 3. The Labute approximate surface area is 189 Å². The maximum atomic E-state index is 14.0. The maximum absolute atomic E-state index is 14.0. The second-order valence-corrected chi connectivity index (χ2v) is 7.41. The number of benzene rings is 2. The van der Waals surface area contributed by atoms with Crippen molar-refractivity contribution in [3.05, 3.63) is 75.2 Å². The number of para-hydroxylation sites is 1. The van der Waals surface area contributed by atoms with E-state index in [4.69, 9.17) is 32.7 Å². The maximum Gasteiger partial charge on any atom is 0.338 e. The quantitative estimate of drug-likeness (QED) is 0.575. The van der Waals surface area contributed by atoms with Crippen LogP contribution in [0.4, 0.5) is 9.18 Å². The Morgan fingerprint density at radius 3 is 2.55 bits per heavy atom. The fourth-order valence-corrected chi connectivity index (χ4v) is 3.60. The van der Waals surface area contributed by atoms with Crippen LogP contribution in [-0.2, 0) is 9.53 Å². The van der Waals surface area contributed by atoms with Crippen LogP contribution in [0, 0.1) is 5.82 Å². The predicted molar refractivity (Wildman–Crippen MR) is 116 cm³/mol. The highest BCUT2D eigenvalue weighted by atomic mass is 35.5. The average molecular weight is 467 g/mol. The average Bonchev–Trinajstić information content (AvgIpc) is 2.74. The minimum Gasteiger partial charge on any atom is -0.484 e. The summed E-state index contributed by atoms with van der Waals surface area (Å²) < 4.78 is 24.9. The number of hydrogen-bond donors (Lipinski definition) is 1. The highest BCUT2D eigenvalue weighted by Gasteiger charge is 2.38. The van der Waals surface area contributed by atoms with Crippen molar-refractivity contribution in [2.75, 3.05) is 19.8 Å². The summed E-state index contributed by atoms with van der Waals surface area (Å²) in [5, 5.41) is 3.42. The molecule has 164 valence electrons. The Bertz CT molecular complexity index is 1030. The van der Waals surface area contributed by atoms with Gasteiger partial charge in [0.1, 0.15) is 6.61 Å². The fraction of sp³-hybridized carbons (Fsp3) is 0.273. The van der Waals surface area contributed by atoms with Crippen molar-refractivity contribution in [2.24, 2.45) is 0 Å². The van der Waals surface area contributed by atoms with Gasteiger partial charge < -0.3 is 14.8 Å². The lowest BCUT2D eigenvalue weighted by Crippen LogP contribution is -2.49. The molecule has 1 aliphatic heterocycles. The van der Waals surface area contributed by atoms with E-state index in [0.29, 0.717) is 10.6 Å². The molecule has 0 fully saturated rings. The summed E-state index contributed by atoms with van der Waals surface area (Å²) in [7, 11) is 0. The van der Waals surface area contributed by atoms with Crippen LogP contribution >= 0.6 is 23.2 Å². The number of ether oxygens (including phenoxy) is 2. The number of nitrogens with one attached hydrogen (secondary N) is 1. The number of urea groups is 1. The third-order valence-corrected chi connectivity index (χ3v) is 5.47. The Hall–Kier alpha value is -2.77. The summed E-state index contributed by atoms with van der Waals surface area (Å²) in [6, 6.07) is 9.44. The number of carbonyl (C=O) groups is 2. The monoisotopic (exact) mass is 466 g/mol. The number of rotatable bonds is 7. The van der Waals surface area contributed by atoms with Gasteiger partial charge in [-0.05, 0) is 43.7 Å². The van der Waals surface area contributed by atoms with Crippen LogP contribution < -0.4 is 10.1 Å². The lowest BCUT2D eigenvalue weighted by Gasteiger charge is -2.36. The molecule has 2 aromatic rings. The van der Waals surface area contributed by atoms with Gasteiger partial charge in [0.15, 0.2) is 11.6 Å². The summed E-state index contributed by atoms with van der Waals surface area (Å²) >= 11 is 12.2. The van der Waals surface area contributed by atoms with Crippen LogP contribution in [0.5, 0.6) is 5.75 Å². The van der Waals surface area contributed by atoms with Crippen LogP contribution in [0.3, 0.4) is 0 Å². The zero-order valence-corrected chi connectivity index (χ0v) is 18.5. The molecule has 1 aliphatic rings. The molecule has 1 N–H and O–H groups in total. The van der Waals surface area contributed by atoms with Crippen molar-refractivity contribution in [1.29, 1.82) is 0 Å². The van der Waals surface area contributed by atoms with Gasteiger partial charge in [0, 0.05) is 6.54 Å². The lowest BCUT2D eigenvalue weighted by atomic mass is 9.94. The van der Waals surface area contributed by atoms with E-state index in [1.807, 2.05) is 0 Å². The van der Waals surface area contributed by atoms with Crippen LogP contribution in [0.25, 0.3) is 0 Å². The molecule has 1 atom stereocenters. The van der Waals surface area contributed by atoms with E-state index in [2.05, 4.69) is 5.32 Å². The zero-order chi connectivity index (χ0) is 22.5. The van der Waals surface area contributed by atoms with Gasteiger partial charge in [-0.1, -0.05) is 41.4 Å². The Balaban J connectivity index is 2.10. The van der Waals surface area contributed by atoms with Crippen molar-refractivity contribution in [2.45, 2.75) is 19.9 Å². The van der Waals surface area contributed by atoms with Gasteiger partial charge in [0.25, 0.3) is 0 Å². The number of esters is 1. The first kappa shape index (κ1) is 22.9. The summed E-state index contributed by atoms with van der Waals surface area (Å²) in [6.45, 7) is 3.62. The minimum atomic E-state index is -0.844. The Kier molecular flexibility index (Phi) is 7.41. The molecule has 6 nitrogen and oxygen atoms in total. The first-order valence-corrected chi connectivity index (χ1v) is 10.4. The first-order chi connectivity index (χ1) is 14.9. The predicted octanol–water partition coefficient (Wildman–Crippen LogP) is 5.11. The molecule has 31 heavy (non-hydrogen) atoms. The van der Waals surface area contributed by atoms with E-state index in [1.165, 1.54) is 23.1 Å². The Morgan fingerprint density at radius 1 is 1.16 bits per heavy atom. The van der Waals surface area contributed by atoms with Crippen LogP contribution in [0.1, 0.15) is 25.5 Å². The number of carbonyl (C=O) groups excluding carboxylic acids is 2. The van der Waals surface area contributed by atoms with E-state index in [9.17, 15) is 14.0 Å². The second-order valence-electron chi connectivity index (χ2n) is 6.60. The van der Waals surface area contributed by atoms with Gasteiger partial charge in [-0.15, -0.1) is 0 Å². The van der Waals surface area contributed by atoms with E-state index < -0.39 is 23.9 Å². The SMILES string of the molecule is CCOC(=O)C1=C(COc2ccccc2F)N(CC)C(=O)N[C@H]1c1ccc(Cl)c(Cl)c1. The van der Waals surface area contributed by atoms with Gasteiger partial charge in [-0.2, -0.15) is 0 Å². The van der Waals surface area contributed by atoms with E-state index in [1.54, 1.807) is 38.1 Å². The summed E-state index contributed by atoms with van der Waals surface area (Å²) in [5.41, 5.74) is 1.01. The molecule has 2 aromatic carbocycles. The molecule has 0 aliphatic carbocycles. The van der Waals surface area contributed by atoms with Gasteiger partial charge in [-0.3, -0.25) is 4.90 Å². The normalized spacial score (nSPS) is 16.2. The number of amides is 2. The number of likely N-dealkylation sites (N-methyl/N-ethyl adjacent to an activating group) is 1. The van der Waals surface area contributed by atoms with Crippen molar-refractivity contribution in [3.8, 4) is 5.75 Å². The molecule has 0 aromatic heterocycles. The summed E-state index contributed by atoms with van der Waals surface area (Å²) in [5.74, 6) is -1.17. The molecule has 0 saturated heterocycles. The molecule has 0 saturated carbocycles. The molecular weight excluding hydrogens is 446 g/mol. The van der Waals surface area contributed by atoms with Gasteiger partial charge in [0.2, 0.25) is 0 Å². The van der Waals surface area contributed by atoms with Crippen LogP contribution in [0.15, 0.2) is 53.7 Å². The van der Waals surface area contributed by atoms with Gasteiger partial charge in [-0.25, -0.2) is 14.0 Å². The molecule has 2 amide bonds. The number of nitrogens with zero attached hydrogens (tertiary/aromatic N) is 1. The summed E-state index contributed by atoms with van der Waals surface area (Å²) in [4.78, 5) is 27.1. The largest absolute Gasteiger partial charge is 0.484 e. The third kappa shape index (κ3) is 4.94. The molecule has 0 unspecified atom stereocenters. The standard InChI is InChI=1S/C22H21Cl2FN2O4/c1-3-27-17(12-31-18-8-6-5-7-16(18)25)19(21(28)30-4-2)20(26-22(27)29)13-9-10-14(23)15(24)11-13/h5-11,20H,3-4,12H2,1-2H3,(H,26,29)/t20-/m0/s1. The highest BCUT2D eigenvalue weighted by molar-refractivity contribution is 6.42.